The number of hydrogen-bond acceptors (Lipinski definition) is 3. The summed E-state index contributed by atoms with van der Waals surface area (Å²) in [5.41, 5.74) is 0.295. The highest BCUT2D eigenvalue weighted by atomic mass is 79.9. The number of aromatic nitrogens is 2. The summed E-state index contributed by atoms with van der Waals surface area (Å²) in [6, 6.07) is 0.975. The molecule has 1 aromatic rings. The van der Waals surface area contributed by atoms with Crippen LogP contribution in [0.5, 0.6) is 0 Å². The minimum absolute atomic E-state index is 0.309. The highest BCUT2D eigenvalue weighted by Crippen LogP contribution is 2.21. The van der Waals surface area contributed by atoms with Gasteiger partial charge in [-0.3, -0.25) is 4.79 Å². The number of hydrogen-bond donors (Lipinski definition) is 0. The lowest BCUT2D eigenvalue weighted by atomic mass is 10.3. The van der Waals surface area contributed by atoms with Crippen molar-refractivity contribution < 1.29 is 4.84 Å². The molecule has 0 atom stereocenters. The molecule has 0 bridgehead atoms. The van der Waals surface area contributed by atoms with Crippen LogP contribution >= 0.6 is 27.5 Å². The number of aryl methyl sites for hydroxylation is 1. The Bertz CT molecular complexity index is 485. The molecule has 0 amide bonds. The third-order valence-corrected chi connectivity index (χ3v) is 5.49. The van der Waals surface area contributed by atoms with Crippen LogP contribution in [0.3, 0.4) is 0 Å². The van der Waals surface area contributed by atoms with E-state index in [0.29, 0.717) is 28.2 Å². The molecule has 1 rings (SSSR count). The van der Waals surface area contributed by atoms with Gasteiger partial charge in [-0.15, -0.1) is 5.10 Å². The molecule has 1 heterocycles. The molecule has 0 saturated heterocycles. The smallest absolute Gasteiger partial charge is 0.318 e. The molecule has 0 N–H and O–H groups in total. The van der Waals surface area contributed by atoms with Crippen molar-refractivity contribution in [3.05, 3.63) is 25.5 Å². The van der Waals surface area contributed by atoms with Crippen LogP contribution in [0.25, 0.3) is 0 Å². The van der Waals surface area contributed by atoms with E-state index in [0.717, 1.165) is 10.9 Å². The molecule has 1 aromatic heterocycles. The lowest BCUT2D eigenvalue weighted by molar-refractivity contribution is 0.0789. The number of rotatable bonds is 5. The molecule has 0 aliphatic carbocycles. The lowest BCUT2D eigenvalue weighted by Gasteiger charge is -2.16. The van der Waals surface area contributed by atoms with E-state index in [9.17, 15) is 4.79 Å². The van der Waals surface area contributed by atoms with Crippen LogP contribution in [0.2, 0.25) is 30.7 Å². The predicted molar refractivity (Wildman–Crippen MR) is 80.2 cm³/mol. The first-order chi connectivity index (χ1) is 8.26. The van der Waals surface area contributed by atoms with Crippen molar-refractivity contribution in [3.63, 3.8) is 0 Å². The van der Waals surface area contributed by atoms with Gasteiger partial charge in [0, 0.05) is 8.07 Å². The van der Waals surface area contributed by atoms with Crippen molar-refractivity contribution in [1.29, 1.82) is 0 Å². The summed E-state index contributed by atoms with van der Waals surface area (Å²) < 4.78 is 0.309. The largest absolute Gasteiger partial charge is 0.394 e. The van der Waals surface area contributed by atoms with Gasteiger partial charge in [0.25, 0.3) is 0 Å². The van der Waals surface area contributed by atoms with Gasteiger partial charge in [-0.1, -0.05) is 43.0 Å². The maximum absolute atomic E-state index is 11.9. The Morgan fingerprint density at radius 2 is 2.06 bits per heavy atom. The van der Waals surface area contributed by atoms with Gasteiger partial charge in [0.2, 0.25) is 0 Å². The van der Waals surface area contributed by atoms with Gasteiger partial charge >= 0.3 is 5.56 Å². The van der Waals surface area contributed by atoms with E-state index in [1.807, 2.05) is 6.92 Å². The molecular weight excluding hydrogens is 336 g/mol. The van der Waals surface area contributed by atoms with Gasteiger partial charge in [-0.05, 0) is 28.4 Å². The fourth-order valence-electron chi connectivity index (χ4n) is 1.26. The summed E-state index contributed by atoms with van der Waals surface area (Å²) in [5.74, 6) is 0. The average molecular weight is 354 g/mol. The Labute approximate surface area is 121 Å². The van der Waals surface area contributed by atoms with E-state index in [1.54, 1.807) is 0 Å². The van der Waals surface area contributed by atoms with Crippen molar-refractivity contribution in [3.8, 4) is 0 Å². The maximum atomic E-state index is 11.9. The van der Waals surface area contributed by atoms with Gasteiger partial charge in [-0.2, -0.15) is 0 Å². The van der Waals surface area contributed by atoms with Crippen molar-refractivity contribution in [2.75, 3.05) is 6.61 Å². The highest BCUT2D eigenvalue weighted by Gasteiger charge is 2.16. The first kappa shape index (κ1) is 15.7. The summed E-state index contributed by atoms with van der Waals surface area (Å²) in [6.45, 7) is 9.18. The first-order valence-electron chi connectivity index (χ1n) is 5.86. The van der Waals surface area contributed by atoms with Crippen LogP contribution in [0, 0.1) is 0 Å². The monoisotopic (exact) mass is 352 g/mol. The van der Waals surface area contributed by atoms with E-state index >= 15 is 0 Å². The van der Waals surface area contributed by atoms with Gasteiger partial charge in [0.15, 0.2) is 0 Å². The quantitative estimate of drug-likeness (QED) is 0.764. The molecule has 0 spiro atoms. The molecule has 0 fully saturated rings. The second kappa shape index (κ2) is 6.21. The van der Waals surface area contributed by atoms with E-state index in [2.05, 4.69) is 40.7 Å². The second-order valence-electron chi connectivity index (χ2n) is 5.25. The van der Waals surface area contributed by atoms with Crippen LogP contribution in [0.15, 0.2) is 9.27 Å². The minimum atomic E-state index is -1.18. The predicted octanol–water partition coefficient (Wildman–Crippen LogP) is 2.99. The Morgan fingerprint density at radius 3 is 2.56 bits per heavy atom. The molecule has 0 saturated carbocycles. The van der Waals surface area contributed by atoms with Crippen molar-refractivity contribution in [2.45, 2.75) is 39.0 Å². The Kier molecular flexibility index (Phi) is 5.42. The normalized spacial score (nSPS) is 11.7. The molecule has 0 aliphatic rings. The molecule has 0 aromatic carbocycles. The zero-order valence-corrected chi connectivity index (χ0v) is 14.4. The summed E-state index contributed by atoms with van der Waals surface area (Å²) in [6.07, 6.45) is 0.648. The van der Waals surface area contributed by atoms with Gasteiger partial charge in [0.1, 0.15) is 11.1 Å². The SMILES string of the molecule is CCc1nn(OCC[Si](C)(C)C)c(=O)c(Br)c1Cl. The number of nitrogens with zero attached hydrogens (tertiary/aromatic N) is 2. The van der Waals surface area contributed by atoms with Crippen LogP contribution in [0.1, 0.15) is 12.6 Å². The molecule has 0 aliphatic heterocycles. The van der Waals surface area contributed by atoms with Crippen LogP contribution in [-0.4, -0.2) is 24.6 Å². The molecule has 4 nitrogen and oxygen atoms in total. The van der Waals surface area contributed by atoms with E-state index in [1.165, 1.54) is 0 Å². The van der Waals surface area contributed by atoms with E-state index in [-0.39, 0.29) is 5.56 Å². The topological polar surface area (TPSA) is 44.1 Å². The first-order valence-corrected chi connectivity index (χ1v) is 10.7. The summed E-state index contributed by atoms with van der Waals surface area (Å²) in [7, 11) is -1.18. The number of halogens is 2. The fourth-order valence-corrected chi connectivity index (χ4v) is 2.59. The average Bonchev–Trinajstić information content (AvgIpc) is 2.27. The Hall–Kier alpha value is -0.333. The van der Waals surface area contributed by atoms with Crippen LogP contribution in [0.4, 0.5) is 0 Å². The third kappa shape index (κ3) is 4.10. The molecule has 0 radical (unpaired) electrons. The third-order valence-electron chi connectivity index (χ3n) is 2.42. The summed E-state index contributed by atoms with van der Waals surface area (Å²) in [5, 5.41) is 4.47. The molecule has 7 heteroatoms. The second-order valence-corrected chi connectivity index (χ2v) is 12.0. The van der Waals surface area contributed by atoms with E-state index in [4.69, 9.17) is 16.4 Å². The maximum Gasteiger partial charge on any atom is 0.318 e. The van der Waals surface area contributed by atoms with Crippen molar-refractivity contribution in [2.24, 2.45) is 0 Å². The summed E-state index contributed by atoms with van der Waals surface area (Å²) >= 11 is 9.18. The van der Waals surface area contributed by atoms with Crippen molar-refractivity contribution >= 4 is 35.6 Å². The highest BCUT2D eigenvalue weighted by molar-refractivity contribution is 9.10. The van der Waals surface area contributed by atoms with Crippen molar-refractivity contribution in [1.82, 2.24) is 9.94 Å². The Balaban J connectivity index is 2.90. The summed E-state index contributed by atoms with van der Waals surface area (Å²) in [4.78, 5) is 18.3. The fraction of sp³-hybridized carbons (Fsp3) is 0.636. The standard InChI is InChI=1S/C11H18BrClN2O2Si/c1-5-8-10(13)9(12)11(16)15(14-8)17-6-7-18(2,3)4/h5-7H2,1-4H3. The zero-order valence-electron chi connectivity index (χ0n) is 11.1. The molecule has 18 heavy (non-hydrogen) atoms. The van der Waals surface area contributed by atoms with E-state index < -0.39 is 8.07 Å². The molecule has 102 valence electrons. The van der Waals surface area contributed by atoms with Gasteiger partial charge in [-0.25, -0.2) is 0 Å². The lowest BCUT2D eigenvalue weighted by Crippen LogP contribution is -2.34. The van der Waals surface area contributed by atoms with Crippen LogP contribution in [-0.2, 0) is 6.42 Å². The zero-order chi connectivity index (χ0) is 13.9. The molecule has 0 unspecified atom stereocenters. The van der Waals surface area contributed by atoms with Crippen LogP contribution < -0.4 is 10.4 Å². The van der Waals surface area contributed by atoms with Gasteiger partial charge in [0.05, 0.1) is 10.7 Å². The van der Waals surface area contributed by atoms with Gasteiger partial charge < -0.3 is 4.84 Å². The Morgan fingerprint density at radius 1 is 1.44 bits per heavy atom. The molecular formula is C11H18BrClN2O2Si. The minimum Gasteiger partial charge on any atom is -0.394 e.